The minimum absolute atomic E-state index is 0.601. The molecule has 1 atom stereocenters. The first-order valence-electron chi connectivity index (χ1n) is 7.48. The zero-order valence-electron chi connectivity index (χ0n) is 12.0. The summed E-state index contributed by atoms with van der Waals surface area (Å²) in [5.41, 5.74) is 3.04. The van der Waals surface area contributed by atoms with Gasteiger partial charge in [-0.2, -0.15) is 11.3 Å². The van der Waals surface area contributed by atoms with Crippen LogP contribution in [0.3, 0.4) is 0 Å². The smallest absolute Gasteiger partial charge is 0.0359 e. The molecule has 0 bridgehead atoms. The van der Waals surface area contributed by atoms with Crippen molar-refractivity contribution in [3.05, 3.63) is 21.9 Å². The Kier molecular flexibility index (Phi) is 5.25. The second-order valence-corrected chi connectivity index (χ2v) is 6.71. The van der Waals surface area contributed by atoms with Crippen LogP contribution in [-0.2, 0) is 0 Å². The molecule has 1 N–H and O–H groups in total. The number of aryl methyl sites for hydroxylation is 1. The highest BCUT2D eigenvalue weighted by molar-refractivity contribution is 7.08. The van der Waals surface area contributed by atoms with Crippen LogP contribution < -0.4 is 5.32 Å². The lowest BCUT2D eigenvalue weighted by molar-refractivity contribution is 0.231. The number of rotatable bonds is 5. The predicted octanol–water partition coefficient (Wildman–Crippen LogP) is 4.92. The van der Waals surface area contributed by atoms with Crippen LogP contribution in [-0.4, -0.2) is 6.54 Å². The molecule has 0 amide bonds. The molecular formula is C16H27NS. The molecule has 1 nitrogen and oxygen atoms in total. The van der Waals surface area contributed by atoms with E-state index in [-0.39, 0.29) is 0 Å². The highest BCUT2D eigenvalue weighted by Gasteiger charge is 2.27. The molecule has 0 spiro atoms. The Morgan fingerprint density at radius 3 is 2.56 bits per heavy atom. The first-order chi connectivity index (χ1) is 8.72. The fraction of sp³-hybridized carbons (Fsp3) is 0.750. The van der Waals surface area contributed by atoms with E-state index in [0.29, 0.717) is 6.04 Å². The van der Waals surface area contributed by atoms with Crippen molar-refractivity contribution in [1.29, 1.82) is 0 Å². The minimum atomic E-state index is 0.601. The standard InChI is InChI=1S/C16H27NS/c1-4-9-17-16(15-11-18-10-13(15)3)14-7-5-12(2)6-8-14/h10-12,14,16-17H,4-9H2,1-3H3. The van der Waals surface area contributed by atoms with Crippen LogP contribution in [0.2, 0.25) is 0 Å². The van der Waals surface area contributed by atoms with Crippen LogP contribution in [0.1, 0.15) is 63.1 Å². The van der Waals surface area contributed by atoms with Crippen LogP contribution in [0.4, 0.5) is 0 Å². The van der Waals surface area contributed by atoms with Gasteiger partial charge in [-0.25, -0.2) is 0 Å². The SMILES string of the molecule is CCCNC(c1cscc1C)C1CCC(C)CC1. The third-order valence-electron chi connectivity index (χ3n) is 4.38. The zero-order chi connectivity index (χ0) is 13.0. The van der Waals surface area contributed by atoms with Gasteiger partial charge in [0.2, 0.25) is 0 Å². The summed E-state index contributed by atoms with van der Waals surface area (Å²) in [5, 5.41) is 8.46. The van der Waals surface area contributed by atoms with E-state index in [9.17, 15) is 0 Å². The maximum Gasteiger partial charge on any atom is 0.0359 e. The van der Waals surface area contributed by atoms with Crippen molar-refractivity contribution in [1.82, 2.24) is 5.32 Å². The molecule has 2 rings (SSSR count). The van der Waals surface area contributed by atoms with Gasteiger partial charge in [0.15, 0.2) is 0 Å². The lowest BCUT2D eigenvalue weighted by Gasteiger charge is -2.33. The first kappa shape index (κ1) is 14.1. The molecule has 1 saturated carbocycles. The topological polar surface area (TPSA) is 12.0 Å². The van der Waals surface area contributed by atoms with Crippen LogP contribution >= 0.6 is 11.3 Å². The molecule has 102 valence electrons. The van der Waals surface area contributed by atoms with Gasteiger partial charge < -0.3 is 5.32 Å². The van der Waals surface area contributed by atoms with Gasteiger partial charge in [-0.1, -0.05) is 26.7 Å². The van der Waals surface area contributed by atoms with Crippen molar-refractivity contribution in [2.45, 2.75) is 58.9 Å². The Balaban J connectivity index is 2.07. The molecule has 1 fully saturated rings. The van der Waals surface area contributed by atoms with Crippen molar-refractivity contribution in [3.63, 3.8) is 0 Å². The lowest BCUT2D eigenvalue weighted by atomic mass is 9.77. The lowest BCUT2D eigenvalue weighted by Crippen LogP contribution is -2.31. The van der Waals surface area contributed by atoms with E-state index in [4.69, 9.17) is 0 Å². The van der Waals surface area contributed by atoms with Gasteiger partial charge in [0.25, 0.3) is 0 Å². The molecular weight excluding hydrogens is 238 g/mol. The van der Waals surface area contributed by atoms with Crippen molar-refractivity contribution >= 4 is 11.3 Å². The van der Waals surface area contributed by atoms with Crippen LogP contribution in [0.15, 0.2) is 10.8 Å². The maximum absolute atomic E-state index is 3.80. The average molecular weight is 265 g/mol. The van der Waals surface area contributed by atoms with Crippen LogP contribution in [0, 0.1) is 18.8 Å². The number of thiophene rings is 1. The summed E-state index contributed by atoms with van der Waals surface area (Å²) in [6.07, 6.45) is 6.86. The summed E-state index contributed by atoms with van der Waals surface area (Å²) in [4.78, 5) is 0. The molecule has 18 heavy (non-hydrogen) atoms. The maximum atomic E-state index is 3.80. The van der Waals surface area contributed by atoms with Gasteiger partial charge >= 0.3 is 0 Å². The van der Waals surface area contributed by atoms with Gasteiger partial charge in [0.05, 0.1) is 0 Å². The third-order valence-corrected chi connectivity index (χ3v) is 5.26. The van der Waals surface area contributed by atoms with E-state index < -0.39 is 0 Å². The summed E-state index contributed by atoms with van der Waals surface area (Å²) in [6.45, 7) is 8.07. The largest absolute Gasteiger partial charge is 0.310 e. The summed E-state index contributed by atoms with van der Waals surface area (Å²) >= 11 is 1.85. The zero-order valence-corrected chi connectivity index (χ0v) is 12.9. The Labute approximate surface area is 116 Å². The van der Waals surface area contributed by atoms with E-state index in [1.807, 2.05) is 11.3 Å². The minimum Gasteiger partial charge on any atom is -0.310 e. The van der Waals surface area contributed by atoms with Gasteiger partial charge in [-0.05, 0) is 66.5 Å². The predicted molar refractivity (Wildman–Crippen MR) is 81.2 cm³/mol. The van der Waals surface area contributed by atoms with E-state index >= 15 is 0 Å². The molecule has 1 aliphatic carbocycles. The van der Waals surface area contributed by atoms with Crippen LogP contribution in [0.5, 0.6) is 0 Å². The molecule has 2 heteroatoms. The second kappa shape index (κ2) is 6.72. The van der Waals surface area contributed by atoms with Crippen molar-refractivity contribution in [2.75, 3.05) is 6.54 Å². The fourth-order valence-electron chi connectivity index (χ4n) is 3.14. The first-order valence-corrected chi connectivity index (χ1v) is 8.42. The van der Waals surface area contributed by atoms with Crippen molar-refractivity contribution in [3.8, 4) is 0 Å². The molecule has 1 aliphatic rings. The summed E-state index contributed by atoms with van der Waals surface area (Å²) in [6, 6.07) is 0.601. The van der Waals surface area contributed by atoms with E-state index in [0.717, 1.165) is 18.4 Å². The van der Waals surface area contributed by atoms with Gasteiger partial charge in [0.1, 0.15) is 0 Å². The third kappa shape index (κ3) is 3.36. The molecule has 0 aliphatic heterocycles. The molecule has 1 aromatic heterocycles. The summed E-state index contributed by atoms with van der Waals surface area (Å²) < 4.78 is 0. The van der Waals surface area contributed by atoms with Gasteiger partial charge in [0, 0.05) is 6.04 Å². The average Bonchev–Trinajstić information content (AvgIpc) is 2.78. The second-order valence-electron chi connectivity index (χ2n) is 5.96. The quantitative estimate of drug-likeness (QED) is 0.796. The number of nitrogens with one attached hydrogen (secondary N) is 1. The Hall–Kier alpha value is -0.340. The highest BCUT2D eigenvalue weighted by atomic mass is 32.1. The number of hydrogen-bond acceptors (Lipinski definition) is 2. The molecule has 1 unspecified atom stereocenters. The van der Waals surface area contributed by atoms with Gasteiger partial charge in [-0.15, -0.1) is 0 Å². The summed E-state index contributed by atoms with van der Waals surface area (Å²) in [5.74, 6) is 1.79. The fourth-order valence-corrected chi connectivity index (χ4v) is 4.03. The van der Waals surface area contributed by atoms with Crippen LogP contribution in [0.25, 0.3) is 0 Å². The number of hydrogen-bond donors (Lipinski definition) is 1. The van der Waals surface area contributed by atoms with E-state index in [2.05, 4.69) is 36.8 Å². The molecule has 1 heterocycles. The Morgan fingerprint density at radius 1 is 1.28 bits per heavy atom. The molecule has 0 saturated heterocycles. The van der Waals surface area contributed by atoms with E-state index in [1.54, 1.807) is 5.56 Å². The summed E-state index contributed by atoms with van der Waals surface area (Å²) in [7, 11) is 0. The normalized spacial score (nSPS) is 26.2. The Morgan fingerprint density at radius 2 is 2.00 bits per heavy atom. The van der Waals surface area contributed by atoms with E-state index in [1.165, 1.54) is 37.7 Å². The molecule has 0 radical (unpaired) electrons. The van der Waals surface area contributed by atoms with Crippen molar-refractivity contribution in [2.24, 2.45) is 11.8 Å². The van der Waals surface area contributed by atoms with Gasteiger partial charge in [-0.3, -0.25) is 0 Å². The van der Waals surface area contributed by atoms with Crippen molar-refractivity contribution < 1.29 is 0 Å². The molecule has 0 aromatic carbocycles. The highest BCUT2D eigenvalue weighted by Crippen LogP contribution is 2.38. The Bertz CT molecular complexity index is 350. The molecule has 1 aromatic rings. The monoisotopic (exact) mass is 265 g/mol.